The van der Waals surface area contributed by atoms with Crippen molar-refractivity contribution in [2.24, 2.45) is 5.73 Å². The molecule has 1 atom stereocenters. The Hall–Kier alpha value is -2.28. The predicted octanol–water partition coefficient (Wildman–Crippen LogP) is 0.549. The lowest BCUT2D eigenvalue weighted by molar-refractivity contribution is -0.121. The van der Waals surface area contributed by atoms with Crippen molar-refractivity contribution < 1.29 is 19.1 Å². The molecule has 0 aromatic heterocycles. The van der Waals surface area contributed by atoms with Crippen LogP contribution >= 0.6 is 0 Å². The van der Waals surface area contributed by atoms with Gasteiger partial charge in [-0.1, -0.05) is 6.07 Å². The molecular weight excluding hydrogens is 262 g/mol. The number of carbonyl (C=O) groups excluding carboxylic acids is 2. The minimum atomic E-state index is -0.909. The third-order valence-corrected chi connectivity index (χ3v) is 2.74. The molecule has 1 aromatic rings. The van der Waals surface area contributed by atoms with Crippen molar-refractivity contribution in [3.05, 3.63) is 23.8 Å². The first-order valence-corrected chi connectivity index (χ1v) is 6.05. The molecule has 0 saturated heterocycles. The van der Waals surface area contributed by atoms with E-state index in [0.717, 1.165) is 5.56 Å². The molecule has 1 aromatic carbocycles. The molecule has 0 spiro atoms. The minimum Gasteiger partial charge on any atom is -0.497 e. The SMILES string of the molecule is CNC(C)c1ccc(OC)cc1OCC(=O)NC(N)=O. The summed E-state index contributed by atoms with van der Waals surface area (Å²) in [6.45, 7) is 1.65. The van der Waals surface area contributed by atoms with Gasteiger partial charge in [0.1, 0.15) is 11.5 Å². The number of hydrogen-bond acceptors (Lipinski definition) is 5. The fraction of sp³-hybridized carbons (Fsp3) is 0.385. The maximum Gasteiger partial charge on any atom is 0.318 e. The summed E-state index contributed by atoms with van der Waals surface area (Å²) in [6, 6.07) is 4.46. The van der Waals surface area contributed by atoms with Gasteiger partial charge in [0.05, 0.1) is 7.11 Å². The van der Waals surface area contributed by atoms with Crippen LogP contribution in [0.4, 0.5) is 4.79 Å². The van der Waals surface area contributed by atoms with E-state index in [9.17, 15) is 9.59 Å². The van der Waals surface area contributed by atoms with Gasteiger partial charge in [0.2, 0.25) is 0 Å². The van der Waals surface area contributed by atoms with Crippen LogP contribution in [0.5, 0.6) is 11.5 Å². The molecule has 0 aliphatic carbocycles. The van der Waals surface area contributed by atoms with Crippen molar-refractivity contribution in [1.29, 1.82) is 0 Å². The van der Waals surface area contributed by atoms with Crippen LogP contribution in [0, 0.1) is 0 Å². The van der Waals surface area contributed by atoms with E-state index in [1.54, 1.807) is 19.2 Å². The highest BCUT2D eigenvalue weighted by molar-refractivity contribution is 5.94. The molecule has 3 amide bonds. The molecule has 20 heavy (non-hydrogen) atoms. The van der Waals surface area contributed by atoms with Crippen molar-refractivity contribution in [2.75, 3.05) is 20.8 Å². The molecular formula is C13H19N3O4. The van der Waals surface area contributed by atoms with E-state index in [1.165, 1.54) is 0 Å². The molecule has 1 unspecified atom stereocenters. The van der Waals surface area contributed by atoms with Crippen LogP contribution in [-0.2, 0) is 4.79 Å². The molecule has 4 N–H and O–H groups in total. The van der Waals surface area contributed by atoms with Crippen molar-refractivity contribution in [3.8, 4) is 11.5 Å². The number of benzene rings is 1. The third-order valence-electron chi connectivity index (χ3n) is 2.74. The van der Waals surface area contributed by atoms with Gasteiger partial charge < -0.3 is 20.5 Å². The van der Waals surface area contributed by atoms with Gasteiger partial charge in [-0.3, -0.25) is 10.1 Å². The summed E-state index contributed by atoms with van der Waals surface area (Å²) in [5, 5.41) is 5.02. The lowest BCUT2D eigenvalue weighted by Crippen LogP contribution is -2.38. The second-order valence-electron chi connectivity index (χ2n) is 4.12. The molecule has 1 rings (SSSR count). The summed E-state index contributed by atoms with van der Waals surface area (Å²) in [5.41, 5.74) is 5.73. The van der Waals surface area contributed by atoms with Crippen LogP contribution in [0.3, 0.4) is 0 Å². The monoisotopic (exact) mass is 281 g/mol. The Bertz CT molecular complexity index is 491. The predicted molar refractivity (Wildman–Crippen MR) is 73.7 cm³/mol. The van der Waals surface area contributed by atoms with E-state index in [0.29, 0.717) is 11.5 Å². The Morgan fingerprint density at radius 2 is 2.10 bits per heavy atom. The lowest BCUT2D eigenvalue weighted by Gasteiger charge is -2.17. The zero-order chi connectivity index (χ0) is 15.1. The average molecular weight is 281 g/mol. The van der Waals surface area contributed by atoms with Gasteiger partial charge >= 0.3 is 6.03 Å². The molecule has 0 fully saturated rings. The fourth-order valence-corrected chi connectivity index (χ4v) is 1.60. The summed E-state index contributed by atoms with van der Waals surface area (Å²) < 4.78 is 10.5. The van der Waals surface area contributed by atoms with Gasteiger partial charge in [0, 0.05) is 17.7 Å². The van der Waals surface area contributed by atoms with Crippen LogP contribution < -0.4 is 25.8 Å². The molecule has 110 valence electrons. The van der Waals surface area contributed by atoms with E-state index >= 15 is 0 Å². The fourth-order valence-electron chi connectivity index (χ4n) is 1.60. The van der Waals surface area contributed by atoms with Crippen molar-refractivity contribution in [2.45, 2.75) is 13.0 Å². The van der Waals surface area contributed by atoms with E-state index in [2.05, 4.69) is 5.32 Å². The van der Waals surface area contributed by atoms with Crippen LogP contribution in [0.2, 0.25) is 0 Å². The van der Waals surface area contributed by atoms with E-state index in [1.807, 2.05) is 25.4 Å². The Kier molecular flexibility index (Phi) is 5.79. The van der Waals surface area contributed by atoms with Crippen LogP contribution in [0.1, 0.15) is 18.5 Å². The number of urea groups is 1. The van der Waals surface area contributed by atoms with E-state index in [4.69, 9.17) is 15.2 Å². The largest absolute Gasteiger partial charge is 0.497 e. The summed E-state index contributed by atoms with van der Waals surface area (Å²) in [6.07, 6.45) is 0. The summed E-state index contributed by atoms with van der Waals surface area (Å²) in [4.78, 5) is 21.9. The highest BCUT2D eigenvalue weighted by Crippen LogP contribution is 2.29. The number of amides is 3. The van der Waals surface area contributed by atoms with Gasteiger partial charge in [-0.2, -0.15) is 0 Å². The van der Waals surface area contributed by atoms with Crippen molar-refractivity contribution >= 4 is 11.9 Å². The van der Waals surface area contributed by atoms with Crippen LogP contribution in [0.15, 0.2) is 18.2 Å². The molecule has 0 aliphatic heterocycles. The Morgan fingerprint density at radius 1 is 1.40 bits per heavy atom. The second kappa shape index (κ2) is 7.34. The highest BCUT2D eigenvalue weighted by Gasteiger charge is 2.13. The van der Waals surface area contributed by atoms with Gasteiger partial charge in [-0.05, 0) is 20.0 Å². The first kappa shape index (κ1) is 15.8. The topological polar surface area (TPSA) is 103 Å². The molecule has 0 radical (unpaired) electrons. The maximum absolute atomic E-state index is 11.3. The van der Waals surface area contributed by atoms with E-state index < -0.39 is 11.9 Å². The number of imide groups is 1. The maximum atomic E-state index is 11.3. The number of rotatable bonds is 6. The van der Waals surface area contributed by atoms with Crippen molar-refractivity contribution in [1.82, 2.24) is 10.6 Å². The number of methoxy groups -OCH3 is 1. The zero-order valence-corrected chi connectivity index (χ0v) is 11.7. The lowest BCUT2D eigenvalue weighted by atomic mass is 10.1. The van der Waals surface area contributed by atoms with E-state index in [-0.39, 0.29) is 12.6 Å². The minimum absolute atomic E-state index is 0.0371. The Morgan fingerprint density at radius 3 is 2.65 bits per heavy atom. The van der Waals surface area contributed by atoms with Gasteiger partial charge in [-0.25, -0.2) is 4.79 Å². The number of nitrogens with one attached hydrogen (secondary N) is 2. The molecule has 0 saturated carbocycles. The Balaban J connectivity index is 2.85. The van der Waals surface area contributed by atoms with Crippen LogP contribution in [0.25, 0.3) is 0 Å². The molecule has 0 aliphatic rings. The quantitative estimate of drug-likeness (QED) is 0.706. The molecule has 0 heterocycles. The molecule has 7 nitrogen and oxygen atoms in total. The first-order chi connectivity index (χ1) is 9.47. The van der Waals surface area contributed by atoms with Gasteiger partial charge in [0.15, 0.2) is 6.61 Å². The smallest absolute Gasteiger partial charge is 0.318 e. The number of hydrogen-bond donors (Lipinski definition) is 3. The second-order valence-corrected chi connectivity index (χ2v) is 4.12. The van der Waals surface area contributed by atoms with Crippen molar-refractivity contribution in [3.63, 3.8) is 0 Å². The summed E-state index contributed by atoms with van der Waals surface area (Å²) in [5.74, 6) is 0.511. The average Bonchev–Trinajstić information content (AvgIpc) is 2.43. The highest BCUT2D eigenvalue weighted by atomic mass is 16.5. The number of carbonyl (C=O) groups is 2. The number of nitrogens with two attached hydrogens (primary N) is 1. The summed E-state index contributed by atoms with van der Waals surface area (Å²) >= 11 is 0. The summed E-state index contributed by atoms with van der Waals surface area (Å²) in [7, 11) is 3.36. The van der Waals surface area contributed by atoms with Gasteiger partial charge in [-0.15, -0.1) is 0 Å². The third kappa shape index (κ3) is 4.43. The number of primary amides is 1. The zero-order valence-electron chi connectivity index (χ0n) is 11.7. The standard InChI is InChI=1S/C13H19N3O4/c1-8(15-2)10-5-4-9(19-3)6-11(10)20-7-12(17)16-13(14)18/h4-6,8,15H,7H2,1-3H3,(H3,14,16,17,18). The molecule has 0 bridgehead atoms. The van der Waals surface area contributed by atoms with Gasteiger partial charge in [0.25, 0.3) is 5.91 Å². The van der Waals surface area contributed by atoms with Crippen LogP contribution in [-0.4, -0.2) is 32.7 Å². The Labute approximate surface area is 117 Å². The normalized spacial score (nSPS) is 11.6. The molecule has 7 heteroatoms. The first-order valence-electron chi connectivity index (χ1n) is 6.05. The number of ether oxygens (including phenoxy) is 2.